The maximum absolute atomic E-state index is 14.2. The topological polar surface area (TPSA) is 140 Å². The molecule has 2 aromatic rings. The van der Waals surface area contributed by atoms with Crippen LogP contribution in [0.1, 0.15) is 89.2 Å². The van der Waals surface area contributed by atoms with Crippen LogP contribution in [0.2, 0.25) is 0 Å². The van der Waals surface area contributed by atoms with Crippen LogP contribution in [0, 0.1) is 69.8 Å². The Labute approximate surface area is 401 Å². The van der Waals surface area contributed by atoms with Crippen molar-refractivity contribution in [2.45, 2.75) is 115 Å². The molecule has 14 atom stereocenters. The summed E-state index contributed by atoms with van der Waals surface area (Å²) in [7, 11) is 3.58. The van der Waals surface area contributed by atoms with E-state index in [4.69, 9.17) is 9.47 Å². The standard InChI is InChI=1S/2C27H37FN2O4/c2*1-17(32)30-16-27(9-10-29(15-27)25(33)13-18-5-3-4-6-23(18)28)26-21-8-7-20(34-2)11-19(21)12-22(26)24(30)14-31/h2*3-6,19-22,24,26,31H,7-16H2,1-2H3/t19?,20?,21?,22?,24-,26?,27+;19?,20?,21?,22?,24-,26?,27-/m00/s1. The minimum Gasteiger partial charge on any atom is -0.394 e. The van der Waals surface area contributed by atoms with Gasteiger partial charge in [-0.25, -0.2) is 8.78 Å². The zero-order valence-electron chi connectivity index (χ0n) is 40.6. The van der Waals surface area contributed by atoms with Crippen molar-refractivity contribution in [2.24, 2.45) is 58.2 Å². The number of nitrogens with zero attached hydrogens (tertiary/aromatic N) is 4. The number of aliphatic hydroxyl groups excluding tert-OH is 2. The van der Waals surface area contributed by atoms with Crippen molar-refractivity contribution >= 4 is 23.6 Å². The predicted molar refractivity (Wildman–Crippen MR) is 250 cm³/mol. The summed E-state index contributed by atoms with van der Waals surface area (Å²) < 4.78 is 39.8. The summed E-state index contributed by atoms with van der Waals surface area (Å²) in [5.74, 6) is 2.63. The van der Waals surface area contributed by atoms with Gasteiger partial charge in [0.25, 0.3) is 0 Å². The molecule has 372 valence electrons. The molecule has 12 nitrogen and oxygen atoms in total. The van der Waals surface area contributed by atoms with E-state index < -0.39 is 0 Å². The molecule has 0 aromatic heterocycles. The van der Waals surface area contributed by atoms with E-state index in [-0.39, 0.29) is 108 Å². The van der Waals surface area contributed by atoms with Gasteiger partial charge in [0, 0.05) is 78.2 Å². The first-order valence-electron chi connectivity index (χ1n) is 25.6. The number of benzene rings is 2. The largest absolute Gasteiger partial charge is 0.394 e. The number of ether oxygens (including phenoxy) is 2. The minimum atomic E-state index is -0.343. The van der Waals surface area contributed by atoms with Crippen LogP contribution < -0.4 is 0 Å². The molecule has 4 aliphatic heterocycles. The normalized spacial score (nSPS) is 37.1. The number of amides is 4. The molecule has 4 saturated heterocycles. The second-order valence-electron chi connectivity index (χ2n) is 22.2. The number of methoxy groups -OCH3 is 2. The third-order valence-electron chi connectivity index (χ3n) is 19.1. The molecule has 2 aromatic carbocycles. The van der Waals surface area contributed by atoms with Crippen LogP contribution in [0.15, 0.2) is 48.5 Å². The van der Waals surface area contributed by atoms with E-state index in [0.717, 1.165) is 64.2 Å². The summed E-state index contributed by atoms with van der Waals surface area (Å²) in [6, 6.07) is 12.6. The number of hydrogen-bond donors (Lipinski definition) is 2. The number of carbonyl (C=O) groups excluding carboxylic acids is 4. The summed E-state index contributed by atoms with van der Waals surface area (Å²) >= 11 is 0. The second kappa shape index (κ2) is 20.0. The third kappa shape index (κ3) is 9.02. The van der Waals surface area contributed by atoms with E-state index in [2.05, 4.69) is 0 Å². The lowest BCUT2D eigenvalue weighted by Gasteiger charge is -2.54. The number of carbonyl (C=O) groups is 4. The SMILES string of the molecule is COC1CCC2C(C1)CC1C2[C@@]2(CCN(C(=O)Cc3ccccc3F)C2)CN(C(C)=O)[C@H]1CO.COC1CCC2C(C1)CC1C2[C@]2(CCN(C(=O)Cc3ccccc3F)C2)CN(C(C)=O)[C@H]1CO. The highest BCUT2D eigenvalue weighted by molar-refractivity contribution is 5.80. The Morgan fingerprint density at radius 1 is 0.588 bits per heavy atom. The van der Waals surface area contributed by atoms with Gasteiger partial charge in [-0.3, -0.25) is 19.2 Å². The monoisotopic (exact) mass is 945 g/mol. The van der Waals surface area contributed by atoms with Gasteiger partial charge in [-0.15, -0.1) is 0 Å². The van der Waals surface area contributed by atoms with Crippen molar-refractivity contribution in [1.82, 2.24) is 19.6 Å². The summed E-state index contributed by atoms with van der Waals surface area (Å²) in [4.78, 5) is 59.3. The fraction of sp³-hybridized carbons (Fsp3) is 0.704. The first-order valence-corrected chi connectivity index (χ1v) is 25.6. The van der Waals surface area contributed by atoms with Crippen LogP contribution in [-0.4, -0.2) is 144 Å². The van der Waals surface area contributed by atoms with Crippen LogP contribution in [0.3, 0.4) is 0 Å². The smallest absolute Gasteiger partial charge is 0.227 e. The Hall–Kier alpha value is -3.98. The fourth-order valence-corrected chi connectivity index (χ4v) is 16.2. The highest BCUT2D eigenvalue weighted by Crippen LogP contribution is 2.63. The van der Waals surface area contributed by atoms with Crippen molar-refractivity contribution in [3.63, 3.8) is 0 Å². The highest BCUT2D eigenvalue weighted by atomic mass is 19.1. The van der Waals surface area contributed by atoms with Crippen LogP contribution in [0.4, 0.5) is 8.78 Å². The molecular weight excluding hydrogens is 871 g/mol. The summed E-state index contributed by atoms with van der Waals surface area (Å²) in [5, 5.41) is 20.7. The van der Waals surface area contributed by atoms with Crippen LogP contribution in [0.5, 0.6) is 0 Å². The Kier molecular flexibility index (Phi) is 14.4. The predicted octanol–water partition coefficient (Wildman–Crippen LogP) is 5.75. The van der Waals surface area contributed by atoms with E-state index in [1.807, 2.05) is 19.6 Å². The van der Waals surface area contributed by atoms with Crippen molar-refractivity contribution in [3.05, 3.63) is 71.3 Å². The summed E-state index contributed by atoms with van der Waals surface area (Å²) in [6.07, 6.45) is 10.8. The molecule has 2 spiro atoms. The van der Waals surface area contributed by atoms with Gasteiger partial charge in [0.1, 0.15) is 11.6 Å². The number of fused-ring (bicyclic) bond motifs is 8. The third-order valence-corrected chi connectivity index (χ3v) is 19.1. The number of piperidine rings is 2. The molecule has 4 heterocycles. The first kappa shape index (κ1) is 49.0. The Balaban J connectivity index is 0.000000170. The van der Waals surface area contributed by atoms with E-state index in [1.165, 1.54) is 12.1 Å². The van der Waals surface area contributed by atoms with Gasteiger partial charge in [0.05, 0.1) is 50.3 Å². The van der Waals surface area contributed by atoms with E-state index in [9.17, 15) is 38.2 Å². The number of hydrogen-bond acceptors (Lipinski definition) is 8. The van der Waals surface area contributed by atoms with Crippen LogP contribution in [0.25, 0.3) is 0 Å². The van der Waals surface area contributed by atoms with Crippen molar-refractivity contribution < 1.29 is 47.6 Å². The van der Waals surface area contributed by atoms with E-state index in [0.29, 0.717) is 85.9 Å². The van der Waals surface area contributed by atoms with Crippen molar-refractivity contribution in [1.29, 1.82) is 0 Å². The average Bonchev–Trinajstić information content (AvgIpc) is 4.14. The number of halogens is 2. The van der Waals surface area contributed by atoms with Crippen molar-refractivity contribution in [2.75, 3.05) is 66.7 Å². The van der Waals surface area contributed by atoms with Crippen molar-refractivity contribution in [3.8, 4) is 0 Å². The van der Waals surface area contributed by atoms with Gasteiger partial charge >= 0.3 is 0 Å². The van der Waals surface area contributed by atoms with Gasteiger partial charge in [0.2, 0.25) is 23.6 Å². The zero-order chi connectivity index (χ0) is 48.1. The number of rotatable bonds is 8. The molecule has 8 fully saturated rings. The Morgan fingerprint density at radius 2 is 0.985 bits per heavy atom. The lowest BCUT2D eigenvalue weighted by molar-refractivity contribution is -0.147. The molecule has 2 N–H and O–H groups in total. The molecule has 10 unspecified atom stereocenters. The molecule has 4 amide bonds. The van der Waals surface area contributed by atoms with Gasteiger partial charge in [-0.1, -0.05) is 36.4 Å². The maximum Gasteiger partial charge on any atom is 0.227 e. The van der Waals surface area contributed by atoms with Crippen LogP contribution >= 0.6 is 0 Å². The first-order chi connectivity index (χ1) is 32.7. The fourth-order valence-electron chi connectivity index (χ4n) is 16.2. The molecule has 4 saturated carbocycles. The Morgan fingerprint density at radius 3 is 1.34 bits per heavy atom. The number of aliphatic hydroxyl groups is 2. The highest BCUT2D eigenvalue weighted by Gasteiger charge is 2.64. The van der Waals surface area contributed by atoms with Gasteiger partial charge < -0.3 is 39.3 Å². The van der Waals surface area contributed by atoms with Gasteiger partial charge in [0.15, 0.2) is 0 Å². The lowest BCUT2D eigenvalue weighted by Crippen LogP contribution is -2.61. The van der Waals surface area contributed by atoms with E-state index in [1.54, 1.807) is 64.5 Å². The van der Waals surface area contributed by atoms with Gasteiger partial charge in [-0.05, 0) is 135 Å². The molecule has 68 heavy (non-hydrogen) atoms. The molecule has 8 aliphatic rings. The zero-order valence-corrected chi connectivity index (χ0v) is 40.6. The summed E-state index contributed by atoms with van der Waals surface area (Å²) in [5.41, 5.74) is 0.539. The van der Waals surface area contributed by atoms with Gasteiger partial charge in [-0.2, -0.15) is 0 Å². The van der Waals surface area contributed by atoms with Crippen LogP contribution in [-0.2, 0) is 41.5 Å². The lowest BCUT2D eigenvalue weighted by atomic mass is 9.60. The molecule has 0 bridgehead atoms. The van der Waals surface area contributed by atoms with E-state index >= 15 is 0 Å². The molecular formula is C54H74F2N4O8. The summed E-state index contributed by atoms with van der Waals surface area (Å²) in [6.45, 7) is 6.85. The average molecular weight is 945 g/mol. The minimum absolute atomic E-state index is 0.00218. The number of likely N-dealkylation sites (tertiary alicyclic amines) is 4. The Bertz CT molecular complexity index is 2030. The molecule has 10 rings (SSSR count). The quantitative estimate of drug-likeness (QED) is 0.341. The second-order valence-corrected chi connectivity index (χ2v) is 22.2. The molecule has 4 aliphatic carbocycles. The molecule has 0 radical (unpaired) electrons. The maximum atomic E-state index is 14.2. The molecule has 14 heteroatoms.